The van der Waals surface area contributed by atoms with Crippen molar-refractivity contribution in [3.8, 4) is 0 Å². The van der Waals surface area contributed by atoms with Crippen molar-refractivity contribution in [1.82, 2.24) is 4.98 Å². The highest BCUT2D eigenvalue weighted by atomic mass is 19.1. The van der Waals surface area contributed by atoms with E-state index in [1.165, 1.54) is 81.0 Å². The van der Waals surface area contributed by atoms with E-state index in [0.29, 0.717) is 36.4 Å². The minimum absolute atomic E-state index is 0.153. The number of carbonyl (C=O) groups is 1. The van der Waals surface area contributed by atoms with Crippen molar-refractivity contribution < 1.29 is 9.18 Å². The zero-order valence-corrected chi connectivity index (χ0v) is 25.6. The molecule has 0 bridgehead atoms. The van der Waals surface area contributed by atoms with E-state index in [1.54, 1.807) is 12.1 Å². The molecule has 2 heterocycles. The number of aromatic nitrogens is 1. The van der Waals surface area contributed by atoms with Crippen molar-refractivity contribution in [2.24, 2.45) is 16.8 Å². The maximum absolute atomic E-state index is 14.0. The molecule has 4 heteroatoms. The summed E-state index contributed by atoms with van der Waals surface area (Å²) in [5.74, 6) is 2.67. The van der Waals surface area contributed by atoms with Crippen LogP contribution in [0.25, 0.3) is 6.08 Å². The van der Waals surface area contributed by atoms with Gasteiger partial charge in [0.05, 0.1) is 0 Å². The lowest BCUT2D eigenvalue weighted by Crippen LogP contribution is -2.16. The van der Waals surface area contributed by atoms with Crippen molar-refractivity contribution in [2.45, 2.75) is 121 Å². The number of nitrogens with zero attached hydrogens (tertiary/aromatic N) is 2. The van der Waals surface area contributed by atoms with Crippen LogP contribution in [0.15, 0.2) is 60.0 Å². The Bertz CT molecular complexity index is 1260. The molecule has 0 saturated heterocycles. The normalized spacial score (nSPS) is 24.0. The first-order chi connectivity index (χ1) is 20.5. The van der Waals surface area contributed by atoms with E-state index in [4.69, 9.17) is 4.99 Å². The van der Waals surface area contributed by atoms with Gasteiger partial charge in [0.1, 0.15) is 11.6 Å². The van der Waals surface area contributed by atoms with Crippen molar-refractivity contribution in [3.05, 3.63) is 83.1 Å². The number of benzene rings is 1. The van der Waals surface area contributed by atoms with Crippen molar-refractivity contribution >= 4 is 17.6 Å². The number of Topliss-reactive ketones (excluding diaryl/α,β-unsaturated/α-hetero) is 1. The van der Waals surface area contributed by atoms with E-state index in [2.05, 4.69) is 30.1 Å². The summed E-state index contributed by atoms with van der Waals surface area (Å²) in [4.78, 5) is 21.9. The quantitative estimate of drug-likeness (QED) is 0.271. The number of fused-ring (bicyclic) bond motifs is 1. The van der Waals surface area contributed by atoms with E-state index in [0.717, 1.165) is 42.7 Å². The molecule has 3 aliphatic rings. The topological polar surface area (TPSA) is 42.3 Å². The molecular formula is C38H49FN2O. The average molecular weight is 569 g/mol. The van der Waals surface area contributed by atoms with Gasteiger partial charge in [-0.05, 0) is 97.1 Å². The third kappa shape index (κ3) is 8.82. The second-order valence-electron chi connectivity index (χ2n) is 13.2. The molecule has 1 aromatic carbocycles. The Morgan fingerprint density at radius 2 is 1.79 bits per heavy atom. The van der Waals surface area contributed by atoms with Crippen LogP contribution in [0.3, 0.4) is 0 Å². The molecule has 1 unspecified atom stereocenters. The van der Waals surface area contributed by atoms with Gasteiger partial charge in [0.15, 0.2) is 0 Å². The summed E-state index contributed by atoms with van der Waals surface area (Å²) >= 11 is 0. The summed E-state index contributed by atoms with van der Waals surface area (Å²) in [6, 6.07) is 7.57. The van der Waals surface area contributed by atoms with Crippen LogP contribution in [0.1, 0.15) is 144 Å². The molecule has 5 rings (SSSR count). The Morgan fingerprint density at radius 3 is 2.57 bits per heavy atom. The summed E-state index contributed by atoms with van der Waals surface area (Å²) in [6.45, 7) is 2.30. The Morgan fingerprint density at radius 1 is 1.00 bits per heavy atom. The molecule has 0 radical (unpaired) electrons. The third-order valence-corrected chi connectivity index (χ3v) is 9.94. The van der Waals surface area contributed by atoms with E-state index in [-0.39, 0.29) is 5.82 Å². The van der Waals surface area contributed by atoms with Crippen LogP contribution in [0, 0.1) is 17.7 Å². The lowest BCUT2D eigenvalue weighted by atomic mass is 9.79. The molecule has 2 aromatic rings. The molecule has 2 aliphatic carbocycles. The van der Waals surface area contributed by atoms with Crippen LogP contribution in [-0.4, -0.2) is 16.5 Å². The minimum Gasteiger partial charge on any atom is -0.300 e. The Kier molecular flexibility index (Phi) is 11.3. The maximum Gasteiger partial charge on any atom is 0.133 e. The smallest absolute Gasteiger partial charge is 0.133 e. The standard InChI is InChI=1S/C38H49FN2O/c1-28-9-8-21-41-38(37-27-40-22-20-36(28)37)25-30-14-4-11-29(12-5-15-30)13-6-19-35(42)18-3-2-10-31-23-33(26-34(39)24-31)32-16-7-17-32/h2,8,10,20-24,26-30,32H,3-7,9,11-19,25H2,1H3/b10-2?,21-8+,41-38?. The molecule has 0 N–H and O–H groups in total. The van der Waals surface area contributed by atoms with Gasteiger partial charge in [0.25, 0.3) is 0 Å². The molecule has 2 fully saturated rings. The van der Waals surface area contributed by atoms with Gasteiger partial charge in [-0.1, -0.05) is 82.6 Å². The molecule has 3 nitrogen and oxygen atoms in total. The summed E-state index contributed by atoms with van der Waals surface area (Å²) in [6.07, 6.45) is 29.7. The largest absolute Gasteiger partial charge is 0.300 e. The molecule has 2 saturated carbocycles. The first kappa shape index (κ1) is 30.6. The van der Waals surface area contributed by atoms with Crippen molar-refractivity contribution in [2.75, 3.05) is 0 Å². The maximum atomic E-state index is 14.0. The second-order valence-corrected chi connectivity index (χ2v) is 13.2. The summed E-state index contributed by atoms with van der Waals surface area (Å²) in [5, 5.41) is 0. The van der Waals surface area contributed by atoms with Crippen molar-refractivity contribution in [1.29, 1.82) is 0 Å². The molecule has 1 aliphatic heterocycles. The predicted molar refractivity (Wildman–Crippen MR) is 172 cm³/mol. The lowest BCUT2D eigenvalue weighted by molar-refractivity contribution is -0.119. The first-order valence-electron chi connectivity index (χ1n) is 16.7. The monoisotopic (exact) mass is 568 g/mol. The molecule has 1 aromatic heterocycles. The number of carbonyl (C=O) groups excluding carboxylic acids is 1. The van der Waals surface area contributed by atoms with E-state index >= 15 is 0 Å². The Hall–Kier alpha value is -2.88. The molecule has 42 heavy (non-hydrogen) atoms. The van der Waals surface area contributed by atoms with Crippen LogP contribution in [0.4, 0.5) is 4.39 Å². The molecule has 0 spiro atoms. The van der Waals surface area contributed by atoms with Gasteiger partial charge < -0.3 is 0 Å². The molecule has 224 valence electrons. The fourth-order valence-electron chi connectivity index (χ4n) is 7.17. The van der Waals surface area contributed by atoms with Gasteiger partial charge >= 0.3 is 0 Å². The van der Waals surface area contributed by atoms with Crippen LogP contribution in [0.5, 0.6) is 0 Å². The summed E-state index contributed by atoms with van der Waals surface area (Å²) < 4.78 is 14.0. The molecular weight excluding hydrogens is 519 g/mol. The zero-order valence-electron chi connectivity index (χ0n) is 25.6. The van der Waals surface area contributed by atoms with Gasteiger partial charge in [-0.3, -0.25) is 14.8 Å². The van der Waals surface area contributed by atoms with Gasteiger partial charge in [-0.25, -0.2) is 4.39 Å². The first-order valence-corrected chi connectivity index (χ1v) is 16.7. The summed E-state index contributed by atoms with van der Waals surface area (Å²) in [7, 11) is 0. The highest BCUT2D eigenvalue weighted by Crippen LogP contribution is 2.37. The summed E-state index contributed by atoms with van der Waals surface area (Å²) in [5.41, 5.74) is 5.89. The predicted octanol–water partition coefficient (Wildman–Crippen LogP) is 10.5. The minimum atomic E-state index is -0.153. The van der Waals surface area contributed by atoms with Crippen molar-refractivity contribution in [3.63, 3.8) is 0 Å². The average Bonchev–Trinajstić information content (AvgIpc) is 2.92. The molecule has 0 amide bonds. The fraction of sp³-hybridized carbons (Fsp3) is 0.553. The van der Waals surface area contributed by atoms with E-state index < -0.39 is 0 Å². The highest BCUT2D eigenvalue weighted by Gasteiger charge is 2.22. The van der Waals surface area contributed by atoms with Gasteiger partial charge in [-0.2, -0.15) is 0 Å². The number of ketones is 1. The van der Waals surface area contributed by atoms with Crippen LogP contribution in [-0.2, 0) is 4.79 Å². The third-order valence-electron chi connectivity index (χ3n) is 9.94. The number of rotatable bonds is 11. The Labute approximate surface area is 252 Å². The van der Waals surface area contributed by atoms with E-state index in [1.807, 2.05) is 30.7 Å². The van der Waals surface area contributed by atoms with Crippen LogP contribution >= 0.6 is 0 Å². The zero-order chi connectivity index (χ0) is 29.1. The number of allylic oxidation sites excluding steroid dienone is 2. The number of pyridine rings is 1. The highest BCUT2D eigenvalue weighted by molar-refractivity contribution is 6.02. The van der Waals surface area contributed by atoms with Gasteiger partial charge in [-0.15, -0.1) is 0 Å². The Balaban J connectivity index is 0.999. The number of aliphatic imine (C=N–C) groups is 1. The van der Waals surface area contributed by atoms with E-state index in [9.17, 15) is 9.18 Å². The number of hydrogen-bond donors (Lipinski definition) is 0. The van der Waals surface area contributed by atoms with Crippen LogP contribution in [0.2, 0.25) is 0 Å². The van der Waals surface area contributed by atoms with Gasteiger partial charge in [0, 0.05) is 42.7 Å². The molecule has 1 atom stereocenters. The second kappa shape index (κ2) is 15.5. The SMILES string of the molecule is CC1C/C=C/N=C(CC2CCCC(CCCC(=O)CCC=Cc3cc(F)cc(C4CCC4)c3)CCC2)c2cnccc21. The lowest BCUT2D eigenvalue weighted by Gasteiger charge is -2.26. The number of halogens is 1. The number of hydrogen-bond acceptors (Lipinski definition) is 3. The fourth-order valence-corrected chi connectivity index (χ4v) is 7.17. The van der Waals surface area contributed by atoms with Gasteiger partial charge in [0.2, 0.25) is 0 Å². The van der Waals surface area contributed by atoms with Crippen LogP contribution < -0.4 is 0 Å².